The lowest BCUT2D eigenvalue weighted by Crippen LogP contribution is -2.51. The minimum absolute atomic E-state index is 0.0691. The van der Waals surface area contributed by atoms with Crippen molar-refractivity contribution in [2.75, 3.05) is 13.2 Å². The molecule has 1 aliphatic rings. The van der Waals surface area contributed by atoms with Crippen LogP contribution >= 0.6 is 23.2 Å². The smallest absolute Gasteiger partial charge is 0.340 e. The highest BCUT2D eigenvalue weighted by molar-refractivity contribution is 6.43. The molecule has 0 radical (unpaired) electrons. The van der Waals surface area contributed by atoms with E-state index in [1.165, 1.54) is 17.0 Å². The predicted molar refractivity (Wildman–Crippen MR) is 85.3 cm³/mol. The van der Waals surface area contributed by atoms with Crippen molar-refractivity contribution < 1.29 is 19.1 Å². The SMILES string of the molecule is NC(=O)[C@@H]1CCCCN1C(=O)COC(=O)c1cccc(Cl)c1Cl. The molecule has 0 aliphatic carbocycles. The molecule has 1 fully saturated rings. The van der Waals surface area contributed by atoms with Crippen LogP contribution in [0.4, 0.5) is 0 Å². The standard InChI is InChI=1S/C15H16Cl2N2O4/c16-10-5-3-4-9(13(10)17)15(22)23-8-12(20)19-7-2-1-6-11(19)14(18)21/h3-5,11H,1-2,6-8H2,(H2,18,21)/t11-/m0/s1. The molecular formula is C15H16Cl2N2O4. The molecule has 8 heteroatoms. The van der Waals surface area contributed by atoms with E-state index in [2.05, 4.69) is 0 Å². The van der Waals surface area contributed by atoms with Crippen molar-refractivity contribution in [3.05, 3.63) is 33.8 Å². The molecule has 124 valence electrons. The largest absolute Gasteiger partial charge is 0.452 e. The third kappa shape index (κ3) is 4.14. The zero-order valence-corrected chi connectivity index (χ0v) is 13.8. The summed E-state index contributed by atoms with van der Waals surface area (Å²) in [6, 6.07) is 3.90. The van der Waals surface area contributed by atoms with E-state index in [4.69, 9.17) is 33.7 Å². The van der Waals surface area contributed by atoms with Gasteiger partial charge in [0.15, 0.2) is 6.61 Å². The average molecular weight is 359 g/mol. The molecule has 23 heavy (non-hydrogen) atoms. The Morgan fingerprint density at radius 3 is 2.70 bits per heavy atom. The van der Waals surface area contributed by atoms with Crippen LogP contribution in [0.5, 0.6) is 0 Å². The number of ether oxygens (including phenoxy) is 1. The second-order valence-corrected chi connectivity index (χ2v) is 5.96. The molecule has 1 aromatic rings. The van der Waals surface area contributed by atoms with Crippen molar-refractivity contribution in [2.45, 2.75) is 25.3 Å². The molecule has 1 atom stereocenters. The average Bonchev–Trinajstić information content (AvgIpc) is 2.54. The number of primary amides is 1. The van der Waals surface area contributed by atoms with Gasteiger partial charge in [0.25, 0.3) is 5.91 Å². The highest BCUT2D eigenvalue weighted by atomic mass is 35.5. The van der Waals surface area contributed by atoms with Gasteiger partial charge in [-0.3, -0.25) is 9.59 Å². The normalized spacial score (nSPS) is 17.7. The Bertz CT molecular complexity index is 636. The predicted octanol–water partition coefficient (Wildman–Crippen LogP) is 2.02. The van der Waals surface area contributed by atoms with Crippen molar-refractivity contribution in [3.63, 3.8) is 0 Å². The number of piperidine rings is 1. The van der Waals surface area contributed by atoms with Crippen LogP contribution in [-0.4, -0.2) is 41.9 Å². The first-order chi connectivity index (χ1) is 10.9. The van der Waals surface area contributed by atoms with Gasteiger partial charge in [0.2, 0.25) is 5.91 Å². The number of likely N-dealkylation sites (tertiary alicyclic amines) is 1. The molecule has 1 heterocycles. The number of hydrogen-bond donors (Lipinski definition) is 1. The molecule has 6 nitrogen and oxygen atoms in total. The molecule has 0 saturated carbocycles. The molecule has 2 rings (SSSR count). The van der Waals surface area contributed by atoms with Gasteiger partial charge in [-0.2, -0.15) is 0 Å². The lowest BCUT2D eigenvalue weighted by atomic mass is 10.0. The Morgan fingerprint density at radius 1 is 1.26 bits per heavy atom. The van der Waals surface area contributed by atoms with Crippen molar-refractivity contribution in [3.8, 4) is 0 Å². The fourth-order valence-electron chi connectivity index (χ4n) is 2.48. The first-order valence-corrected chi connectivity index (χ1v) is 7.87. The van der Waals surface area contributed by atoms with E-state index in [1.54, 1.807) is 6.07 Å². The van der Waals surface area contributed by atoms with E-state index >= 15 is 0 Å². The first-order valence-electron chi connectivity index (χ1n) is 7.11. The number of hydrogen-bond acceptors (Lipinski definition) is 4. The summed E-state index contributed by atoms with van der Waals surface area (Å²) in [5.41, 5.74) is 5.39. The van der Waals surface area contributed by atoms with Gasteiger partial charge in [0, 0.05) is 6.54 Å². The van der Waals surface area contributed by atoms with E-state index in [0.29, 0.717) is 13.0 Å². The molecule has 0 bridgehead atoms. The van der Waals surface area contributed by atoms with Gasteiger partial charge >= 0.3 is 5.97 Å². The second-order valence-electron chi connectivity index (χ2n) is 5.18. The second kappa shape index (κ2) is 7.66. The van der Waals surface area contributed by atoms with Crippen molar-refractivity contribution in [1.29, 1.82) is 0 Å². The molecule has 2 amide bonds. The van der Waals surface area contributed by atoms with Crippen LogP contribution in [0.2, 0.25) is 10.0 Å². The minimum Gasteiger partial charge on any atom is -0.452 e. The summed E-state index contributed by atoms with van der Waals surface area (Å²) in [6.07, 6.45) is 2.13. The molecule has 0 spiro atoms. The number of rotatable bonds is 4. The Labute approximate surface area is 143 Å². The van der Waals surface area contributed by atoms with E-state index in [9.17, 15) is 14.4 Å². The van der Waals surface area contributed by atoms with Gasteiger partial charge in [0.05, 0.1) is 15.6 Å². The molecule has 1 aromatic carbocycles. The summed E-state index contributed by atoms with van der Waals surface area (Å²) in [5.74, 6) is -1.76. The van der Waals surface area contributed by atoms with Crippen molar-refractivity contribution in [2.24, 2.45) is 5.73 Å². The Kier molecular flexibility index (Phi) is 5.85. The third-order valence-electron chi connectivity index (χ3n) is 3.65. The maximum Gasteiger partial charge on any atom is 0.340 e. The van der Waals surface area contributed by atoms with Crippen molar-refractivity contribution >= 4 is 41.0 Å². The summed E-state index contributed by atoms with van der Waals surface area (Å²) in [6.45, 7) is -0.0621. The molecule has 0 unspecified atom stereocenters. The molecule has 2 N–H and O–H groups in total. The van der Waals surface area contributed by atoms with Crippen LogP contribution in [0.25, 0.3) is 0 Å². The summed E-state index contributed by atoms with van der Waals surface area (Å²) in [7, 11) is 0. The summed E-state index contributed by atoms with van der Waals surface area (Å²) >= 11 is 11.8. The van der Waals surface area contributed by atoms with E-state index in [1.807, 2.05) is 0 Å². The number of carbonyl (C=O) groups excluding carboxylic acids is 3. The summed E-state index contributed by atoms with van der Waals surface area (Å²) in [4.78, 5) is 36.9. The molecule has 1 aliphatic heterocycles. The van der Waals surface area contributed by atoms with E-state index in [-0.39, 0.29) is 15.6 Å². The minimum atomic E-state index is -0.751. The fourth-order valence-corrected chi connectivity index (χ4v) is 2.85. The monoisotopic (exact) mass is 358 g/mol. The first kappa shape index (κ1) is 17.6. The number of nitrogens with two attached hydrogens (primary N) is 1. The van der Waals surface area contributed by atoms with Gasteiger partial charge < -0.3 is 15.4 Å². The number of esters is 1. The number of nitrogens with zero attached hydrogens (tertiary/aromatic N) is 1. The quantitative estimate of drug-likeness (QED) is 0.833. The lowest BCUT2D eigenvalue weighted by Gasteiger charge is -2.33. The van der Waals surface area contributed by atoms with Crippen LogP contribution in [0.1, 0.15) is 29.6 Å². The highest BCUT2D eigenvalue weighted by Gasteiger charge is 2.31. The third-order valence-corrected chi connectivity index (χ3v) is 4.47. The van der Waals surface area contributed by atoms with Crippen LogP contribution in [-0.2, 0) is 14.3 Å². The van der Waals surface area contributed by atoms with E-state index < -0.39 is 30.4 Å². The molecule has 1 saturated heterocycles. The zero-order chi connectivity index (χ0) is 17.0. The summed E-state index contributed by atoms with van der Waals surface area (Å²) < 4.78 is 4.98. The fraction of sp³-hybridized carbons (Fsp3) is 0.400. The van der Waals surface area contributed by atoms with Gasteiger partial charge in [-0.05, 0) is 31.4 Å². The Hall–Kier alpha value is -1.79. The number of benzene rings is 1. The van der Waals surface area contributed by atoms with Crippen LogP contribution in [0.15, 0.2) is 18.2 Å². The Balaban J connectivity index is 1.99. The number of halogens is 2. The maximum atomic E-state index is 12.2. The molecule has 0 aromatic heterocycles. The lowest BCUT2D eigenvalue weighted by molar-refractivity contribution is -0.143. The van der Waals surface area contributed by atoms with Crippen LogP contribution in [0.3, 0.4) is 0 Å². The van der Waals surface area contributed by atoms with Gasteiger partial charge in [-0.15, -0.1) is 0 Å². The maximum absolute atomic E-state index is 12.2. The van der Waals surface area contributed by atoms with Gasteiger partial charge in [-0.25, -0.2) is 4.79 Å². The van der Waals surface area contributed by atoms with Crippen LogP contribution < -0.4 is 5.73 Å². The van der Waals surface area contributed by atoms with Crippen LogP contribution in [0, 0.1) is 0 Å². The Morgan fingerprint density at radius 2 is 2.00 bits per heavy atom. The summed E-state index contributed by atoms with van der Waals surface area (Å²) in [5, 5.41) is 0.289. The van der Waals surface area contributed by atoms with Gasteiger partial charge in [0.1, 0.15) is 6.04 Å². The number of carbonyl (C=O) groups is 3. The number of amides is 2. The highest BCUT2D eigenvalue weighted by Crippen LogP contribution is 2.26. The van der Waals surface area contributed by atoms with Gasteiger partial charge in [-0.1, -0.05) is 29.3 Å². The molecular weight excluding hydrogens is 343 g/mol. The van der Waals surface area contributed by atoms with Crippen molar-refractivity contribution in [1.82, 2.24) is 4.90 Å². The zero-order valence-electron chi connectivity index (χ0n) is 12.3. The topological polar surface area (TPSA) is 89.7 Å². The van der Waals surface area contributed by atoms with E-state index in [0.717, 1.165) is 12.8 Å².